The minimum atomic E-state index is 0.869. The average Bonchev–Trinajstić information content (AvgIpc) is 2.33. The lowest BCUT2D eigenvalue weighted by molar-refractivity contribution is 0.182. The Morgan fingerprint density at radius 1 is 1.82 bits per heavy atom. The van der Waals surface area contributed by atoms with Crippen LogP contribution in [0.2, 0.25) is 0 Å². The van der Waals surface area contributed by atoms with E-state index >= 15 is 0 Å². The van der Waals surface area contributed by atoms with Crippen LogP contribution in [0.1, 0.15) is 6.92 Å². The van der Waals surface area contributed by atoms with Crippen LogP contribution >= 0.6 is 11.8 Å². The van der Waals surface area contributed by atoms with E-state index in [-0.39, 0.29) is 0 Å². The van der Waals surface area contributed by atoms with Crippen LogP contribution in [0.15, 0.2) is 23.4 Å². The summed E-state index contributed by atoms with van der Waals surface area (Å²) < 4.78 is 5.23. The number of ether oxygens (including phenoxy) is 1. The second kappa shape index (κ2) is 3.72. The maximum atomic E-state index is 5.23. The van der Waals surface area contributed by atoms with Crippen molar-refractivity contribution in [3.63, 3.8) is 0 Å². The maximum absolute atomic E-state index is 5.23. The van der Waals surface area contributed by atoms with E-state index in [1.165, 1.54) is 4.91 Å². The van der Waals surface area contributed by atoms with Gasteiger partial charge in [0.05, 0.1) is 13.0 Å². The van der Waals surface area contributed by atoms with Crippen LogP contribution in [0.3, 0.4) is 0 Å². The molecule has 1 heterocycles. The molecule has 0 saturated heterocycles. The second-order valence-corrected chi connectivity index (χ2v) is 3.51. The first-order valence-corrected chi connectivity index (χ1v) is 4.51. The molecule has 0 spiro atoms. The summed E-state index contributed by atoms with van der Waals surface area (Å²) >= 11 is 1.81. The van der Waals surface area contributed by atoms with Crippen molar-refractivity contribution in [2.24, 2.45) is 0 Å². The molecule has 0 N–H and O–H groups in total. The van der Waals surface area contributed by atoms with Crippen molar-refractivity contribution in [2.75, 3.05) is 19.5 Å². The molecule has 0 aromatic rings. The van der Waals surface area contributed by atoms with Crippen molar-refractivity contribution >= 4 is 11.8 Å². The van der Waals surface area contributed by atoms with E-state index in [2.05, 4.69) is 18.4 Å². The lowest BCUT2D eigenvalue weighted by atomic mass is 10.5. The maximum Gasteiger partial charge on any atom is 0.199 e. The predicted octanol–water partition coefficient (Wildman–Crippen LogP) is 2.01. The zero-order chi connectivity index (χ0) is 8.27. The van der Waals surface area contributed by atoms with E-state index in [9.17, 15) is 0 Å². The molecule has 3 heteroatoms. The van der Waals surface area contributed by atoms with Gasteiger partial charge in [-0.25, -0.2) is 0 Å². The minimum absolute atomic E-state index is 0.869. The van der Waals surface area contributed by atoms with Crippen LogP contribution in [0, 0.1) is 0 Å². The highest BCUT2D eigenvalue weighted by molar-refractivity contribution is 8.03. The van der Waals surface area contributed by atoms with Crippen LogP contribution in [-0.2, 0) is 4.74 Å². The molecule has 0 atom stereocenters. The second-order valence-electron chi connectivity index (χ2n) is 2.35. The van der Waals surface area contributed by atoms with Crippen molar-refractivity contribution in [3.05, 3.63) is 23.4 Å². The molecule has 1 aliphatic rings. The molecule has 0 aliphatic carbocycles. The third-order valence-electron chi connectivity index (χ3n) is 1.57. The predicted molar refractivity (Wildman–Crippen MR) is 49.1 cm³/mol. The fraction of sp³-hybridized carbons (Fsp3) is 0.500. The third kappa shape index (κ3) is 1.71. The van der Waals surface area contributed by atoms with Crippen molar-refractivity contribution in [1.82, 2.24) is 4.90 Å². The Hall–Kier alpha value is -0.570. The number of nitrogens with zero attached hydrogens (tertiary/aromatic N) is 1. The van der Waals surface area contributed by atoms with Crippen molar-refractivity contribution in [2.45, 2.75) is 6.92 Å². The van der Waals surface area contributed by atoms with Crippen LogP contribution < -0.4 is 0 Å². The Morgan fingerprint density at radius 3 is 3.09 bits per heavy atom. The van der Waals surface area contributed by atoms with E-state index in [0.29, 0.717) is 0 Å². The molecule has 0 fully saturated rings. The number of thioether (sulfide) groups is 1. The van der Waals surface area contributed by atoms with Gasteiger partial charge in [-0.2, -0.15) is 0 Å². The van der Waals surface area contributed by atoms with Gasteiger partial charge in [-0.3, -0.25) is 0 Å². The fourth-order valence-corrected chi connectivity index (χ4v) is 1.99. The minimum Gasteiger partial charge on any atom is -0.482 e. The molecular formula is C8H13NOS. The van der Waals surface area contributed by atoms with Gasteiger partial charge in [0.25, 0.3) is 0 Å². The monoisotopic (exact) mass is 171 g/mol. The number of rotatable bonds is 3. The number of allylic oxidation sites excluding steroid dienone is 1. The molecule has 0 saturated carbocycles. The molecule has 0 bridgehead atoms. The molecule has 1 aliphatic heterocycles. The van der Waals surface area contributed by atoms with Gasteiger partial charge >= 0.3 is 0 Å². The van der Waals surface area contributed by atoms with Gasteiger partial charge in [0, 0.05) is 11.4 Å². The number of methoxy groups -OCH3 is 1. The van der Waals surface area contributed by atoms with E-state index in [4.69, 9.17) is 4.74 Å². The average molecular weight is 171 g/mol. The highest BCUT2D eigenvalue weighted by atomic mass is 32.2. The molecule has 62 valence electrons. The Balaban J connectivity index is 2.63. The highest BCUT2D eigenvalue weighted by Crippen LogP contribution is 2.31. The quantitative estimate of drug-likeness (QED) is 0.603. The first-order chi connectivity index (χ1) is 5.29. The number of hydrogen-bond acceptors (Lipinski definition) is 3. The smallest absolute Gasteiger partial charge is 0.199 e. The van der Waals surface area contributed by atoms with Gasteiger partial charge in [-0.05, 0) is 6.92 Å². The highest BCUT2D eigenvalue weighted by Gasteiger charge is 2.19. The van der Waals surface area contributed by atoms with Gasteiger partial charge in [-0.1, -0.05) is 6.08 Å². The Bertz CT molecular complexity index is 189. The lowest BCUT2D eigenvalue weighted by Crippen LogP contribution is -2.19. The van der Waals surface area contributed by atoms with Crippen molar-refractivity contribution in [3.8, 4) is 0 Å². The SMILES string of the molecule is C=CCN1CSC(C)=C1OC. The summed E-state index contributed by atoms with van der Waals surface area (Å²) in [6, 6.07) is 0. The van der Waals surface area contributed by atoms with E-state index in [0.717, 1.165) is 18.3 Å². The van der Waals surface area contributed by atoms with Crippen LogP contribution in [0.5, 0.6) is 0 Å². The molecule has 0 aromatic carbocycles. The molecule has 0 radical (unpaired) electrons. The molecule has 0 unspecified atom stereocenters. The summed E-state index contributed by atoms with van der Waals surface area (Å²) in [5.74, 6) is 1.98. The molecule has 0 aromatic heterocycles. The Kier molecular flexibility index (Phi) is 2.88. The Morgan fingerprint density at radius 2 is 2.55 bits per heavy atom. The fourth-order valence-electron chi connectivity index (χ4n) is 1.08. The van der Waals surface area contributed by atoms with Gasteiger partial charge in [0.1, 0.15) is 0 Å². The summed E-state index contributed by atoms with van der Waals surface area (Å²) in [7, 11) is 1.71. The Labute approximate surface area is 71.9 Å². The molecule has 1 rings (SSSR count). The summed E-state index contributed by atoms with van der Waals surface area (Å²) in [5.41, 5.74) is 0. The van der Waals surface area contributed by atoms with E-state index < -0.39 is 0 Å². The van der Waals surface area contributed by atoms with Gasteiger partial charge in [-0.15, -0.1) is 18.3 Å². The summed E-state index contributed by atoms with van der Waals surface area (Å²) in [6.45, 7) is 6.63. The molecule has 11 heavy (non-hydrogen) atoms. The molecular weight excluding hydrogens is 158 g/mol. The van der Waals surface area contributed by atoms with Gasteiger partial charge in [0.2, 0.25) is 0 Å². The van der Waals surface area contributed by atoms with E-state index in [1.807, 2.05) is 17.8 Å². The van der Waals surface area contributed by atoms with Crippen LogP contribution in [0.4, 0.5) is 0 Å². The van der Waals surface area contributed by atoms with Crippen LogP contribution in [-0.4, -0.2) is 24.4 Å². The topological polar surface area (TPSA) is 12.5 Å². The standard InChI is InChI=1S/C8H13NOS/c1-4-5-9-6-11-7(2)8(9)10-3/h4H,1,5-6H2,2-3H3. The lowest BCUT2D eigenvalue weighted by Gasteiger charge is -2.17. The number of hydrogen-bond donors (Lipinski definition) is 0. The summed E-state index contributed by atoms with van der Waals surface area (Å²) in [4.78, 5) is 3.42. The van der Waals surface area contributed by atoms with Gasteiger partial charge in [0.15, 0.2) is 5.88 Å². The van der Waals surface area contributed by atoms with Crippen molar-refractivity contribution < 1.29 is 4.74 Å². The van der Waals surface area contributed by atoms with E-state index in [1.54, 1.807) is 7.11 Å². The summed E-state index contributed by atoms with van der Waals surface area (Å²) in [6.07, 6.45) is 1.89. The zero-order valence-corrected chi connectivity index (χ0v) is 7.78. The third-order valence-corrected chi connectivity index (χ3v) is 2.62. The molecule has 2 nitrogen and oxygen atoms in total. The first-order valence-electron chi connectivity index (χ1n) is 3.53. The summed E-state index contributed by atoms with van der Waals surface area (Å²) in [5, 5.41) is 0. The molecule has 0 amide bonds. The van der Waals surface area contributed by atoms with Crippen LogP contribution in [0.25, 0.3) is 0 Å². The van der Waals surface area contributed by atoms with Crippen molar-refractivity contribution in [1.29, 1.82) is 0 Å². The largest absolute Gasteiger partial charge is 0.482 e. The zero-order valence-electron chi connectivity index (χ0n) is 6.96. The van der Waals surface area contributed by atoms with Gasteiger partial charge < -0.3 is 9.64 Å². The first kappa shape index (κ1) is 8.53. The normalized spacial score (nSPS) is 17.5.